The number of nitrogens with one attached hydrogen (secondary N) is 1. The Labute approximate surface area is 237 Å². The average Bonchev–Trinajstić information content (AvgIpc) is 2.95. The molecule has 2 aromatic carbocycles. The fraction of sp³-hybridized carbons (Fsp3) is 0.531. The maximum atomic E-state index is 13.4. The van der Waals surface area contributed by atoms with Gasteiger partial charge in [0.2, 0.25) is 5.91 Å². The first kappa shape index (κ1) is 30.7. The first-order valence-electron chi connectivity index (χ1n) is 14.4. The fourth-order valence-corrected chi connectivity index (χ4v) is 5.80. The van der Waals surface area contributed by atoms with Crippen LogP contribution >= 0.6 is 11.8 Å². The van der Waals surface area contributed by atoms with E-state index in [0.717, 1.165) is 67.3 Å². The van der Waals surface area contributed by atoms with E-state index in [2.05, 4.69) is 17.1 Å². The Balaban J connectivity index is 1.85. The summed E-state index contributed by atoms with van der Waals surface area (Å²) in [5, 5.41) is 12.4. The van der Waals surface area contributed by atoms with E-state index in [-0.39, 0.29) is 11.8 Å². The van der Waals surface area contributed by atoms with E-state index in [1.165, 1.54) is 6.42 Å². The van der Waals surface area contributed by atoms with Gasteiger partial charge in [0, 0.05) is 24.6 Å². The number of hydrogen-bond acceptors (Lipinski definition) is 4. The topological polar surface area (TPSA) is 86.7 Å². The molecule has 1 aliphatic carbocycles. The molecule has 0 spiro atoms. The second kappa shape index (κ2) is 15.7. The minimum Gasteiger partial charge on any atom is -0.480 e. The van der Waals surface area contributed by atoms with Gasteiger partial charge in [-0.05, 0) is 79.4 Å². The van der Waals surface area contributed by atoms with Crippen molar-refractivity contribution in [3.63, 3.8) is 0 Å². The molecule has 1 saturated carbocycles. The van der Waals surface area contributed by atoms with Gasteiger partial charge in [-0.15, -0.1) is 0 Å². The van der Waals surface area contributed by atoms with Crippen LogP contribution in [-0.2, 0) is 16.0 Å². The molecule has 2 N–H and O–H groups in total. The smallest absolute Gasteiger partial charge is 0.326 e. The lowest BCUT2D eigenvalue weighted by molar-refractivity contribution is -0.139. The lowest BCUT2D eigenvalue weighted by atomic mass is 9.88. The Morgan fingerprint density at radius 1 is 1.05 bits per heavy atom. The van der Waals surface area contributed by atoms with Crippen LogP contribution in [0.5, 0.6) is 0 Å². The molecule has 0 bridgehead atoms. The summed E-state index contributed by atoms with van der Waals surface area (Å²) >= 11 is 1.55. The van der Waals surface area contributed by atoms with Crippen LogP contribution < -0.4 is 5.32 Å². The average molecular weight is 553 g/mol. The van der Waals surface area contributed by atoms with Crippen LogP contribution in [0.3, 0.4) is 0 Å². The van der Waals surface area contributed by atoms with Crippen molar-refractivity contribution in [3.05, 3.63) is 59.2 Å². The Hall–Kier alpha value is -2.80. The second-order valence-electron chi connectivity index (χ2n) is 10.6. The highest BCUT2D eigenvalue weighted by molar-refractivity contribution is 7.98. The number of thioether (sulfide) groups is 1. The number of aliphatic carboxylic acids is 1. The molecule has 0 aliphatic heterocycles. The summed E-state index contributed by atoms with van der Waals surface area (Å²) in [6.07, 6.45) is 10.5. The summed E-state index contributed by atoms with van der Waals surface area (Å²) in [6.45, 7) is 5.60. The van der Waals surface area contributed by atoms with Gasteiger partial charge in [-0.3, -0.25) is 9.59 Å². The largest absolute Gasteiger partial charge is 0.480 e. The van der Waals surface area contributed by atoms with E-state index in [1.807, 2.05) is 49.6 Å². The van der Waals surface area contributed by atoms with Gasteiger partial charge in [0.15, 0.2) is 0 Å². The minimum atomic E-state index is -1.03. The van der Waals surface area contributed by atoms with Crippen LogP contribution in [0.4, 0.5) is 0 Å². The number of carbonyl (C=O) groups excluding carboxylic acids is 2. The van der Waals surface area contributed by atoms with E-state index in [0.29, 0.717) is 36.6 Å². The number of rotatable bonds is 14. The number of benzene rings is 2. The van der Waals surface area contributed by atoms with E-state index in [9.17, 15) is 19.5 Å². The maximum Gasteiger partial charge on any atom is 0.326 e. The molecule has 2 aromatic rings. The second-order valence-corrected chi connectivity index (χ2v) is 11.6. The molecular weight excluding hydrogens is 508 g/mol. The predicted molar refractivity (Wildman–Crippen MR) is 160 cm³/mol. The molecule has 3 rings (SSSR count). The van der Waals surface area contributed by atoms with E-state index >= 15 is 0 Å². The van der Waals surface area contributed by atoms with E-state index in [4.69, 9.17) is 0 Å². The van der Waals surface area contributed by atoms with Crippen molar-refractivity contribution in [2.75, 3.05) is 25.1 Å². The Morgan fingerprint density at radius 3 is 2.46 bits per heavy atom. The van der Waals surface area contributed by atoms with Crippen molar-refractivity contribution in [1.29, 1.82) is 0 Å². The number of hydrogen-bond donors (Lipinski definition) is 2. The van der Waals surface area contributed by atoms with Gasteiger partial charge >= 0.3 is 5.97 Å². The van der Waals surface area contributed by atoms with Crippen LogP contribution in [0, 0.1) is 12.8 Å². The fourth-order valence-electron chi connectivity index (χ4n) is 5.32. The lowest BCUT2D eigenvalue weighted by Crippen LogP contribution is -2.41. The molecule has 39 heavy (non-hydrogen) atoms. The van der Waals surface area contributed by atoms with Gasteiger partial charge < -0.3 is 15.3 Å². The first-order valence-corrected chi connectivity index (χ1v) is 15.7. The Kier molecular flexibility index (Phi) is 12.4. The summed E-state index contributed by atoms with van der Waals surface area (Å²) < 4.78 is 0. The molecular formula is C32H44N2O4S. The minimum absolute atomic E-state index is 0.150. The normalized spacial score (nSPS) is 14.5. The van der Waals surface area contributed by atoms with Crippen molar-refractivity contribution in [3.8, 4) is 11.1 Å². The zero-order chi connectivity index (χ0) is 28.2. The molecule has 2 amide bonds. The van der Waals surface area contributed by atoms with Crippen molar-refractivity contribution < 1.29 is 19.5 Å². The SMILES string of the molecule is CCCCN(CCc1ccc(C(=O)NC(CCSC)C(=O)O)c(-c2ccccc2C)c1)C(=O)C1CCCCC1. The van der Waals surface area contributed by atoms with Crippen LogP contribution in [-0.4, -0.2) is 58.9 Å². The number of carboxylic acids is 1. The van der Waals surface area contributed by atoms with E-state index in [1.54, 1.807) is 17.8 Å². The first-order chi connectivity index (χ1) is 18.8. The molecule has 7 heteroatoms. The molecule has 1 atom stereocenters. The molecule has 212 valence electrons. The summed E-state index contributed by atoms with van der Waals surface area (Å²) in [7, 11) is 0. The van der Waals surface area contributed by atoms with Crippen molar-refractivity contribution in [2.45, 2.75) is 77.7 Å². The van der Waals surface area contributed by atoms with Gasteiger partial charge in [-0.1, -0.05) is 69.0 Å². The summed E-state index contributed by atoms with van der Waals surface area (Å²) in [4.78, 5) is 40.5. The zero-order valence-corrected chi connectivity index (χ0v) is 24.5. The highest BCUT2D eigenvalue weighted by Crippen LogP contribution is 2.29. The van der Waals surface area contributed by atoms with Crippen LogP contribution in [0.25, 0.3) is 11.1 Å². The highest BCUT2D eigenvalue weighted by Gasteiger charge is 2.26. The highest BCUT2D eigenvalue weighted by atomic mass is 32.2. The molecule has 0 aromatic heterocycles. The third kappa shape index (κ3) is 8.85. The van der Waals surface area contributed by atoms with Crippen LogP contribution in [0.1, 0.15) is 79.8 Å². The predicted octanol–water partition coefficient (Wildman–Crippen LogP) is 6.35. The zero-order valence-electron chi connectivity index (χ0n) is 23.7. The number of nitrogens with zero attached hydrogens (tertiary/aromatic N) is 1. The third-order valence-corrected chi connectivity index (χ3v) is 8.34. The van der Waals surface area contributed by atoms with Gasteiger partial charge in [0.1, 0.15) is 6.04 Å². The number of unbranched alkanes of at least 4 members (excludes halogenated alkanes) is 1. The lowest BCUT2D eigenvalue weighted by Gasteiger charge is -2.29. The van der Waals surface area contributed by atoms with Crippen molar-refractivity contribution in [1.82, 2.24) is 10.2 Å². The molecule has 1 unspecified atom stereocenters. The number of aryl methyl sites for hydroxylation is 1. The summed E-state index contributed by atoms with van der Waals surface area (Å²) in [5.41, 5.74) is 4.29. The van der Waals surface area contributed by atoms with Crippen molar-refractivity contribution >= 4 is 29.5 Å². The van der Waals surface area contributed by atoms with E-state index < -0.39 is 12.0 Å². The van der Waals surface area contributed by atoms with Gasteiger partial charge in [0.25, 0.3) is 5.91 Å². The van der Waals surface area contributed by atoms with Gasteiger partial charge in [-0.25, -0.2) is 4.79 Å². The van der Waals surface area contributed by atoms with Crippen LogP contribution in [0.2, 0.25) is 0 Å². The molecule has 6 nitrogen and oxygen atoms in total. The molecule has 0 radical (unpaired) electrons. The number of amides is 2. The maximum absolute atomic E-state index is 13.4. The Bertz CT molecular complexity index is 1110. The molecule has 1 fully saturated rings. The number of carbonyl (C=O) groups is 3. The summed E-state index contributed by atoms with van der Waals surface area (Å²) in [5.74, 6) is -0.318. The monoisotopic (exact) mass is 552 g/mol. The molecule has 0 saturated heterocycles. The standard InChI is InChI=1S/C32H44N2O4S/c1-4-5-19-34(31(36)25-12-7-6-8-13-25)20-17-24-15-16-27(28(22-24)26-14-10-9-11-23(26)2)30(35)33-29(32(37)38)18-21-39-3/h9-11,14-16,22,25,29H,4-8,12-13,17-21H2,1-3H3,(H,33,35)(H,37,38). The van der Waals surface area contributed by atoms with Crippen molar-refractivity contribution in [2.24, 2.45) is 5.92 Å². The number of carboxylic acid groups (broad SMARTS) is 1. The molecule has 1 aliphatic rings. The molecule has 0 heterocycles. The Morgan fingerprint density at radius 2 is 1.79 bits per heavy atom. The summed E-state index contributed by atoms with van der Waals surface area (Å²) in [6, 6.07) is 12.8. The van der Waals surface area contributed by atoms with Gasteiger partial charge in [-0.2, -0.15) is 11.8 Å². The van der Waals surface area contributed by atoms with Crippen LogP contribution in [0.15, 0.2) is 42.5 Å². The third-order valence-electron chi connectivity index (χ3n) is 7.70. The van der Waals surface area contributed by atoms with Gasteiger partial charge in [0.05, 0.1) is 0 Å². The quantitative estimate of drug-likeness (QED) is 0.285.